The second-order valence-electron chi connectivity index (χ2n) is 6.88. The Hall–Kier alpha value is -0.653. The minimum Gasteiger partial charge on any atom is -0.411 e. The van der Waals surface area contributed by atoms with Crippen LogP contribution in [0.15, 0.2) is 6.07 Å². The van der Waals surface area contributed by atoms with E-state index in [1.54, 1.807) is 13.8 Å². The number of H-pyrrole nitrogens is 1. The van der Waals surface area contributed by atoms with Crippen LogP contribution in [0.5, 0.6) is 0 Å². The van der Waals surface area contributed by atoms with Gasteiger partial charge in [0.05, 0.1) is 18.0 Å². The zero-order chi connectivity index (χ0) is 14.2. The van der Waals surface area contributed by atoms with Crippen LogP contribution in [-0.2, 0) is 16.6 Å². The van der Waals surface area contributed by atoms with Gasteiger partial charge in [-0.3, -0.25) is 5.10 Å². The van der Waals surface area contributed by atoms with Crippen molar-refractivity contribution in [3.63, 3.8) is 0 Å². The smallest absolute Gasteiger partial charge is 0.192 e. The van der Waals surface area contributed by atoms with Crippen molar-refractivity contribution in [3.8, 4) is 0 Å². The fraction of sp³-hybridized carbons (Fsp3) is 0.769. The molecule has 1 aromatic heterocycles. The van der Waals surface area contributed by atoms with E-state index >= 15 is 0 Å². The summed E-state index contributed by atoms with van der Waals surface area (Å²) in [6.45, 7) is 15.1. The van der Waals surface area contributed by atoms with Crippen molar-refractivity contribution in [2.75, 3.05) is 0 Å². The Morgan fingerprint density at radius 3 is 2.22 bits per heavy atom. The van der Waals surface area contributed by atoms with Gasteiger partial charge >= 0.3 is 0 Å². The number of nitrogens with zero attached hydrogens (tertiary/aromatic N) is 1. The van der Waals surface area contributed by atoms with Crippen LogP contribution in [0.2, 0.25) is 18.1 Å². The number of aromatic nitrogens is 2. The molecule has 1 rings (SSSR count). The first-order valence-corrected chi connectivity index (χ1v) is 9.25. The molecule has 0 bridgehead atoms. The van der Waals surface area contributed by atoms with Gasteiger partial charge in [-0.25, -0.2) is 0 Å². The Kier molecular flexibility index (Phi) is 4.10. The number of rotatable bonds is 4. The molecular weight excluding hydrogens is 244 g/mol. The first kappa shape index (κ1) is 15.4. The van der Waals surface area contributed by atoms with Crippen molar-refractivity contribution in [2.24, 2.45) is 0 Å². The van der Waals surface area contributed by atoms with Crippen LogP contribution in [0, 0.1) is 0 Å². The van der Waals surface area contributed by atoms with Gasteiger partial charge < -0.3 is 9.53 Å². The third kappa shape index (κ3) is 3.67. The van der Waals surface area contributed by atoms with Gasteiger partial charge in [0.25, 0.3) is 0 Å². The molecule has 0 amide bonds. The molecule has 4 nitrogen and oxygen atoms in total. The summed E-state index contributed by atoms with van der Waals surface area (Å²) in [5, 5.41) is 17.1. The van der Waals surface area contributed by atoms with E-state index in [4.69, 9.17) is 4.43 Å². The Bertz CT molecular complexity index is 400. The van der Waals surface area contributed by atoms with Gasteiger partial charge in [-0.05, 0) is 38.0 Å². The molecule has 0 aliphatic heterocycles. The van der Waals surface area contributed by atoms with Crippen LogP contribution in [0.25, 0.3) is 0 Å². The van der Waals surface area contributed by atoms with Crippen molar-refractivity contribution in [1.82, 2.24) is 10.2 Å². The van der Waals surface area contributed by atoms with E-state index in [-0.39, 0.29) is 5.04 Å². The molecule has 18 heavy (non-hydrogen) atoms. The van der Waals surface area contributed by atoms with Crippen molar-refractivity contribution >= 4 is 8.32 Å². The summed E-state index contributed by atoms with van der Waals surface area (Å²) in [5.41, 5.74) is 0.677. The van der Waals surface area contributed by atoms with Crippen LogP contribution in [0.3, 0.4) is 0 Å². The SMILES string of the molecule is CC(C)(O)c1cc(CO[Si](C)(C)C(C)(C)C)n[nH]1. The van der Waals surface area contributed by atoms with Crippen molar-refractivity contribution < 1.29 is 9.53 Å². The molecule has 1 aromatic rings. The minimum absolute atomic E-state index is 0.197. The number of nitrogens with one attached hydrogen (secondary N) is 1. The summed E-state index contributed by atoms with van der Waals surface area (Å²) in [6, 6.07) is 1.87. The monoisotopic (exact) mass is 270 g/mol. The third-order valence-corrected chi connectivity index (χ3v) is 8.16. The zero-order valence-electron chi connectivity index (χ0n) is 12.6. The van der Waals surface area contributed by atoms with Gasteiger partial charge in [-0.15, -0.1) is 0 Å². The van der Waals surface area contributed by atoms with Crippen LogP contribution < -0.4 is 0 Å². The van der Waals surface area contributed by atoms with E-state index in [9.17, 15) is 5.11 Å². The maximum Gasteiger partial charge on any atom is 0.192 e. The highest BCUT2D eigenvalue weighted by atomic mass is 28.4. The highest BCUT2D eigenvalue weighted by Gasteiger charge is 2.37. The lowest BCUT2D eigenvalue weighted by Gasteiger charge is -2.35. The molecule has 2 N–H and O–H groups in total. The highest BCUT2D eigenvalue weighted by Crippen LogP contribution is 2.37. The second kappa shape index (κ2) is 4.79. The molecule has 0 atom stereocenters. The lowest BCUT2D eigenvalue weighted by atomic mass is 10.1. The second-order valence-corrected chi connectivity index (χ2v) is 11.7. The molecule has 0 saturated carbocycles. The Morgan fingerprint density at radius 1 is 1.28 bits per heavy atom. The third-order valence-electron chi connectivity index (χ3n) is 3.68. The van der Waals surface area contributed by atoms with Gasteiger partial charge in [0, 0.05) is 0 Å². The van der Waals surface area contributed by atoms with Gasteiger partial charge in [0.2, 0.25) is 0 Å². The Morgan fingerprint density at radius 2 is 1.83 bits per heavy atom. The molecule has 104 valence electrons. The molecular formula is C13H26N2O2Si. The summed E-state index contributed by atoms with van der Waals surface area (Å²) in [7, 11) is -1.74. The first-order valence-electron chi connectivity index (χ1n) is 6.34. The van der Waals surface area contributed by atoms with Crippen LogP contribution >= 0.6 is 0 Å². The van der Waals surface area contributed by atoms with Gasteiger partial charge in [0.15, 0.2) is 8.32 Å². The van der Waals surface area contributed by atoms with Gasteiger partial charge in [-0.2, -0.15) is 5.10 Å². The molecule has 0 unspecified atom stereocenters. The molecule has 0 aliphatic carbocycles. The maximum absolute atomic E-state index is 9.86. The summed E-state index contributed by atoms with van der Waals surface area (Å²) in [4.78, 5) is 0. The van der Waals surface area contributed by atoms with Gasteiger partial charge in [-0.1, -0.05) is 20.8 Å². The largest absolute Gasteiger partial charge is 0.411 e. The predicted molar refractivity (Wildman–Crippen MR) is 75.8 cm³/mol. The van der Waals surface area contributed by atoms with E-state index in [0.29, 0.717) is 6.61 Å². The molecule has 0 fully saturated rings. The quantitative estimate of drug-likeness (QED) is 0.826. The van der Waals surface area contributed by atoms with Crippen LogP contribution in [0.4, 0.5) is 0 Å². The van der Waals surface area contributed by atoms with E-state index < -0.39 is 13.9 Å². The molecule has 1 heterocycles. The molecule has 5 heteroatoms. The molecule has 0 radical (unpaired) electrons. The number of aliphatic hydroxyl groups is 1. The summed E-state index contributed by atoms with van der Waals surface area (Å²) in [5.74, 6) is 0. The Labute approximate surface area is 111 Å². The molecule has 0 aliphatic rings. The molecule has 0 aromatic carbocycles. The van der Waals surface area contributed by atoms with Crippen molar-refractivity contribution in [2.45, 2.75) is 65.0 Å². The maximum atomic E-state index is 9.86. The lowest BCUT2D eigenvalue weighted by molar-refractivity contribution is 0.0738. The number of aromatic amines is 1. The standard InChI is InChI=1S/C13H26N2O2Si/c1-12(2,3)18(6,7)17-9-10-8-11(15-14-10)13(4,5)16/h8,16H,9H2,1-7H3,(H,14,15). The molecule has 0 saturated heterocycles. The average Bonchev–Trinajstić information content (AvgIpc) is 2.60. The topological polar surface area (TPSA) is 58.1 Å². The number of hydrogen-bond acceptors (Lipinski definition) is 3. The predicted octanol–water partition coefficient (Wildman–Crippen LogP) is 3.16. The van der Waals surface area contributed by atoms with Crippen molar-refractivity contribution in [1.29, 1.82) is 0 Å². The minimum atomic E-state index is -1.74. The number of hydrogen-bond donors (Lipinski definition) is 2. The van der Waals surface area contributed by atoms with E-state index in [1.165, 1.54) is 0 Å². The van der Waals surface area contributed by atoms with E-state index in [0.717, 1.165) is 11.4 Å². The van der Waals surface area contributed by atoms with Crippen LogP contribution in [-0.4, -0.2) is 23.6 Å². The average molecular weight is 270 g/mol. The lowest BCUT2D eigenvalue weighted by Crippen LogP contribution is -2.40. The summed E-state index contributed by atoms with van der Waals surface area (Å²) in [6.07, 6.45) is 0. The van der Waals surface area contributed by atoms with E-state index in [2.05, 4.69) is 44.1 Å². The molecule has 0 spiro atoms. The Balaban J connectivity index is 2.68. The fourth-order valence-electron chi connectivity index (χ4n) is 1.22. The first-order chi connectivity index (χ1) is 7.93. The van der Waals surface area contributed by atoms with Crippen LogP contribution in [0.1, 0.15) is 46.0 Å². The zero-order valence-corrected chi connectivity index (χ0v) is 13.6. The highest BCUT2D eigenvalue weighted by molar-refractivity contribution is 6.74. The van der Waals surface area contributed by atoms with E-state index in [1.807, 2.05) is 6.07 Å². The summed E-state index contributed by atoms with van der Waals surface area (Å²) < 4.78 is 6.08. The fourth-order valence-corrected chi connectivity index (χ4v) is 2.16. The normalized spacial score (nSPS) is 14.0. The summed E-state index contributed by atoms with van der Waals surface area (Å²) >= 11 is 0. The van der Waals surface area contributed by atoms with Gasteiger partial charge in [0.1, 0.15) is 5.60 Å². The van der Waals surface area contributed by atoms with Crippen molar-refractivity contribution in [3.05, 3.63) is 17.5 Å².